The van der Waals surface area contributed by atoms with Gasteiger partial charge in [-0.3, -0.25) is 9.69 Å². The van der Waals surface area contributed by atoms with Gasteiger partial charge in [0, 0.05) is 23.9 Å². The van der Waals surface area contributed by atoms with E-state index in [1.165, 1.54) is 6.08 Å². The van der Waals surface area contributed by atoms with Crippen LogP contribution in [0.15, 0.2) is 22.0 Å². The number of aryl methyl sites for hydroxylation is 1. The molecular weight excluding hydrogens is 316 g/mol. The Hall–Kier alpha value is -1.60. The van der Waals surface area contributed by atoms with Crippen LogP contribution in [0.25, 0.3) is 0 Å². The molecule has 0 saturated heterocycles. The molecule has 1 aromatic rings. The van der Waals surface area contributed by atoms with Crippen molar-refractivity contribution in [1.82, 2.24) is 10.2 Å². The van der Waals surface area contributed by atoms with Crippen molar-refractivity contribution in [1.29, 1.82) is 0 Å². The molecule has 1 amide bonds. The van der Waals surface area contributed by atoms with E-state index in [0.29, 0.717) is 6.42 Å². The molecule has 1 aliphatic rings. The van der Waals surface area contributed by atoms with Crippen molar-refractivity contribution in [3.05, 3.63) is 34.6 Å². The Kier molecular flexibility index (Phi) is 5.64. The zero-order chi connectivity index (χ0) is 17.0. The van der Waals surface area contributed by atoms with Gasteiger partial charge in [0.05, 0.1) is 11.8 Å². The van der Waals surface area contributed by atoms with Gasteiger partial charge in [0.2, 0.25) is 0 Å². The van der Waals surface area contributed by atoms with Gasteiger partial charge in [0.1, 0.15) is 5.76 Å². The SMILES string of the molecule is CCc1oc(C(=O)N[C@@H]2C=CS(=O)(=O)C2)cc1CN(CC)CC. The van der Waals surface area contributed by atoms with E-state index >= 15 is 0 Å². The maximum absolute atomic E-state index is 12.3. The largest absolute Gasteiger partial charge is 0.456 e. The van der Waals surface area contributed by atoms with Crippen LogP contribution in [-0.4, -0.2) is 44.1 Å². The topological polar surface area (TPSA) is 79.6 Å². The van der Waals surface area contributed by atoms with Crippen LogP contribution in [0.1, 0.15) is 42.6 Å². The normalized spacial score (nSPS) is 19.4. The van der Waals surface area contributed by atoms with Crippen LogP contribution in [0, 0.1) is 0 Å². The van der Waals surface area contributed by atoms with Crippen LogP contribution in [-0.2, 0) is 22.8 Å². The predicted octanol–water partition coefficient (Wildman–Crippen LogP) is 1.72. The molecule has 0 aliphatic carbocycles. The number of nitrogens with zero attached hydrogens (tertiary/aromatic N) is 1. The summed E-state index contributed by atoms with van der Waals surface area (Å²) in [5, 5.41) is 3.83. The van der Waals surface area contributed by atoms with E-state index in [1.807, 2.05) is 6.92 Å². The molecule has 1 atom stereocenters. The lowest BCUT2D eigenvalue weighted by molar-refractivity contribution is 0.0918. The molecule has 128 valence electrons. The molecule has 0 aromatic carbocycles. The van der Waals surface area contributed by atoms with Gasteiger partial charge < -0.3 is 9.73 Å². The van der Waals surface area contributed by atoms with Gasteiger partial charge in [-0.15, -0.1) is 0 Å². The summed E-state index contributed by atoms with van der Waals surface area (Å²) in [7, 11) is -3.19. The molecule has 2 heterocycles. The number of sulfone groups is 1. The fraction of sp³-hybridized carbons (Fsp3) is 0.562. The Balaban J connectivity index is 2.09. The third kappa shape index (κ3) is 4.45. The predicted molar refractivity (Wildman–Crippen MR) is 88.9 cm³/mol. The molecule has 23 heavy (non-hydrogen) atoms. The highest BCUT2D eigenvalue weighted by Gasteiger charge is 2.25. The first-order valence-electron chi connectivity index (χ1n) is 7.94. The molecule has 2 rings (SSSR count). The molecular formula is C16H24N2O4S. The van der Waals surface area contributed by atoms with Gasteiger partial charge in [0.15, 0.2) is 15.6 Å². The summed E-state index contributed by atoms with van der Waals surface area (Å²) in [6.45, 7) is 8.77. The van der Waals surface area contributed by atoms with E-state index in [2.05, 4.69) is 24.1 Å². The van der Waals surface area contributed by atoms with Gasteiger partial charge in [-0.1, -0.05) is 20.8 Å². The lowest BCUT2D eigenvalue weighted by Crippen LogP contribution is -2.35. The highest BCUT2D eigenvalue weighted by molar-refractivity contribution is 7.94. The third-order valence-corrected chi connectivity index (χ3v) is 5.37. The Morgan fingerprint density at radius 2 is 2.04 bits per heavy atom. The maximum Gasteiger partial charge on any atom is 0.287 e. The van der Waals surface area contributed by atoms with Gasteiger partial charge in [-0.2, -0.15) is 0 Å². The van der Waals surface area contributed by atoms with Crippen molar-refractivity contribution < 1.29 is 17.6 Å². The van der Waals surface area contributed by atoms with Crippen molar-refractivity contribution in [3.63, 3.8) is 0 Å². The number of nitrogens with one attached hydrogen (secondary N) is 1. The first-order chi connectivity index (χ1) is 10.9. The zero-order valence-corrected chi connectivity index (χ0v) is 14.6. The molecule has 0 saturated carbocycles. The van der Waals surface area contributed by atoms with Crippen molar-refractivity contribution in [2.24, 2.45) is 0 Å². The van der Waals surface area contributed by atoms with E-state index < -0.39 is 15.9 Å². The molecule has 1 N–H and O–H groups in total. The smallest absolute Gasteiger partial charge is 0.287 e. The van der Waals surface area contributed by atoms with Crippen LogP contribution in [0.2, 0.25) is 0 Å². The first-order valence-corrected chi connectivity index (χ1v) is 9.65. The Labute approximate surface area is 137 Å². The quantitative estimate of drug-likeness (QED) is 0.817. The Bertz CT molecular complexity index is 687. The minimum Gasteiger partial charge on any atom is -0.456 e. The highest BCUT2D eigenvalue weighted by Crippen LogP contribution is 2.19. The van der Waals surface area contributed by atoms with Crippen molar-refractivity contribution >= 4 is 15.7 Å². The lowest BCUT2D eigenvalue weighted by atomic mass is 10.2. The number of amides is 1. The van der Waals surface area contributed by atoms with Gasteiger partial charge in [-0.05, 0) is 25.2 Å². The van der Waals surface area contributed by atoms with Crippen molar-refractivity contribution in [2.75, 3.05) is 18.8 Å². The van der Waals surface area contributed by atoms with Crippen LogP contribution in [0.5, 0.6) is 0 Å². The molecule has 1 aromatic heterocycles. The minimum absolute atomic E-state index is 0.0909. The number of rotatable bonds is 7. The van der Waals surface area contributed by atoms with Crippen LogP contribution >= 0.6 is 0 Å². The van der Waals surface area contributed by atoms with E-state index in [0.717, 1.165) is 36.4 Å². The fourth-order valence-electron chi connectivity index (χ4n) is 2.60. The van der Waals surface area contributed by atoms with Crippen LogP contribution in [0.4, 0.5) is 0 Å². The second-order valence-electron chi connectivity index (χ2n) is 5.61. The Morgan fingerprint density at radius 3 is 2.57 bits per heavy atom. The number of carbonyl (C=O) groups excluding carboxylic acids is 1. The van der Waals surface area contributed by atoms with E-state index in [1.54, 1.807) is 6.07 Å². The Morgan fingerprint density at radius 1 is 1.35 bits per heavy atom. The molecule has 7 heteroatoms. The summed E-state index contributed by atoms with van der Waals surface area (Å²) < 4.78 is 28.4. The van der Waals surface area contributed by atoms with Crippen LogP contribution in [0.3, 0.4) is 0 Å². The van der Waals surface area contributed by atoms with Gasteiger partial charge in [0.25, 0.3) is 5.91 Å². The lowest BCUT2D eigenvalue weighted by Gasteiger charge is -2.17. The summed E-state index contributed by atoms with van der Waals surface area (Å²) in [5.74, 6) is 0.572. The molecule has 0 spiro atoms. The molecule has 0 fully saturated rings. The number of furan rings is 1. The highest BCUT2D eigenvalue weighted by atomic mass is 32.2. The fourth-order valence-corrected chi connectivity index (χ4v) is 3.84. The maximum atomic E-state index is 12.3. The summed E-state index contributed by atoms with van der Waals surface area (Å²) in [6.07, 6.45) is 2.20. The molecule has 1 aliphatic heterocycles. The first kappa shape index (κ1) is 17.7. The molecule has 0 unspecified atom stereocenters. The third-order valence-electron chi connectivity index (χ3n) is 3.98. The summed E-state index contributed by atoms with van der Waals surface area (Å²) in [5.41, 5.74) is 1.01. The van der Waals surface area contributed by atoms with E-state index in [-0.39, 0.29) is 17.4 Å². The molecule has 6 nitrogen and oxygen atoms in total. The number of carbonyl (C=O) groups is 1. The monoisotopic (exact) mass is 340 g/mol. The summed E-state index contributed by atoms with van der Waals surface area (Å²) in [6, 6.07) is 1.27. The summed E-state index contributed by atoms with van der Waals surface area (Å²) in [4.78, 5) is 14.5. The average Bonchev–Trinajstić information content (AvgIpc) is 3.07. The zero-order valence-electron chi connectivity index (χ0n) is 13.8. The number of hydrogen-bond acceptors (Lipinski definition) is 5. The second kappa shape index (κ2) is 7.31. The molecule has 0 bridgehead atoms. The summed E-state index contributed by atoms with van der Waals surface area (Å²) >= 11 is 0. The van der Waals surface area contributed by atoms with E-state index in [4.69, 9.17) is 4.42 Å². The number of hydrogen-bond donors (Lipinski definition) is 1. The van der Waals surface area contributed by atoms with Crippen molar-refractivity contribution in [2.45, 2.75) is 39.8 Å². The van der Waals surface area contributed by atoms with Gasteiger partial charge >= 0.3 is 0 Å². The van der Waals surface area contributed by atoms with Gasteiger partial charge in [-0.25, -0.2) is 8.42 Å². The van der Waals surface area contributed by atoms with Crippen molar-refractivity contribution in [3.8, 4) is 0 Å². The molecule has 0 radical (unpaired) electrons. The average molecular weight is 340 g/mol. The standard InChI is InChI=1S/C16H24N2O4S/c1-4-14-12(10-18(5-2)6-3)9-15(22-14)16(19)17-13-7-8-23(20,21)11-13/h7-9,13H,4-6,10-11H2,1-3H3,(H,17,19)/t13-/m1/s1. The minimum atomic E-state index is -3.19. The van der Waals surface area contributed by atoms with E-state index in [9.17, 15) is 13.2 Å². The second-order valence-corrected chi connectivity index (χ2v) is 7.54. The van der Waals surface area contributed by atoms with Crippen LogP contribution < -0.4 is 5.32 Å².